The second kappa shape index (κ2) is 6.27. The Morgan fingerprint density at radius 2 is 1.94 bits per heavy atom. The molecule has 92 valence electrons. The third-order valence-electron chi connectivity index (χ3n) is 2.02. The number of carbonyl (C=O) groups is 2. The number of hydrogen-bond acceptors (Lipinski definition) is 4. The molecule has 0 spiro atoms. The Morgan fingerprint density at radius 1 is 1.35 bits per heavy atom. The number of Topliss-reactive ketones (excluding diaryl/α,β-unsaturated/α-hetero) is 1. The summed E-state index contributed by atoms with van der Waals surface area (Å²) in [6, 6.07) is 7.96. The molecule has 1 aromatic carbocycles. The van der Waals surface area contributed by atoms with Crippen molar-refractivity contribution < 1.29 is 23.1 Å². The Hall–Kier alpha value is -1.53. The average molecular weight is 256 g/mol. The molecule has 0 amide bonds. The lowest BCUT2D eigenvalue weighted by Crippen LogP contribution is -2.27. The molecule has 6 heteroatoms. The van der Waals surface area contributed by atoms with Crippen LogP contribution in [-0.4, -0.2) is 27.1 Å². The van der Waals surface area contributed by atoms with E-state index in [0.29, 0.717) is 5.56 Å². The fourth-order valence-corrected chi connectivity index (χ4v) is 1.97. The first-order valence-corrected chi connectivity index (χ1v) is 6.10. The van der Waals surface area contributed by atoms with Crippen molar-refractivity contribution in [1.29, 1.82) is 0 Å². The van der Waals surface area contributed by atoms with E-state index in [1.165, 1.54) is 12.1 Å². The lowest BCUT2D eigenvalue weighted by Gasteiger charge is -2.11. The normalized spacial score (nSPS) is 13.8. The van der Waals surface area contributed by atoms with Gasteiger partial charge in [0, 0.05) is 0 Å². The van der Waals surface area contributed by atoms with Crippen molar-refractivity contribution >= 4 is 22.8 Å². The van der Waals surface area contributed by atoms with Crippen LogP contribution in [0, 0.1) is 0 Å². The first kappa shape index (κ1) is 13.5. The number of ketones is 1. The molecule has 0 heterocycles. The minimum Gasteiger partial charge on any atom is -0.460 e. The molecule has 2 unspecified atom stereocenters. The van der Waals surface area contributed by atoms with Gasteiger partial charge in [-0.2, -0.15) is 0 Å². The van der Waals surface area contributed by atoms with Gasteiger partial charge in [0.1, 0.15) is 0 Å². The van der Waals surface area contributed by atoms with E-state index < -0.39 is 28.1 Å². The molecular formula is C11H12O5S. The van der Waals surface area contributed by atoms with Crippen molar-refractivity contribution in [3.8, 4) is 0 Å². The Bertz CT molecular complexity index is 429. The van der Waals surface area contributed by atoms with Gasteiger partial charge in [0.25, 0.3) is 5.78 Å². The van der Waals surface area contributed by atoms with E-state index in [-0.39, 0.29) is 6.61 Å². The molecule has 0 saturated heterocycles. The monoisotopic (exact) mass is 256 g/mol. The van der Waals surface area contributed by atoms with Crippen LogP contribution in [-0.2, 0) is 25.4 Å². The maximum atomic E-state index is 11.6. The summed E-state index contributed by atoms with van der Waals surface area (Å²) < 4.78 is 24.8. The summed E-state index contributed by atoms with van der Waals surface area (Å²) in [4.78, 5) is 22.9. The summed E-state index contributed by atoms with van der Waals surface area (Å²) in [7, 11) is 0. The largest absolute Gasteiger partial charge is 0.460 e. The number of carbonyl (C=O) groups excluding carboxylic acids is 2. The Morgan fingerprint density at radius 3 is 2.41 bits per heavy atom. The van der Waals surface area contributed by atoms with Crippen LogP contribution >= 0.6 is 0 Å². The van der Waals surface area contributed by atoms with Crippen LogP contribution in [0.15, 0.2) is 30.3 Å². The van der Waals surface area contributed by atoms with Gasteiger partial charge < -0.3 is 9.29 Å². The van der Waals surface area contributed by atoms with Crippen molar-refractivity contribution in [1.82, 2.24) is 0 Å². The number of benzene rings is 1. The van der Waals surface area contributed by atoms with Crippen LogP contribution in [0.1, 0.15) is 17.7 Å². The third-order valence-corrected chi connectivity index (χ3v) is 2.91. The van der Waals surface area contributed by atoms with E-state index >= 15 is 0 Å². The molecular weight excluding hydrogens is 244 g/mol. The summed E-state index contributed by atoms with van der Waals surface area (Å²) in [5.41, 5.74) is 0.311. The second-order valence-electron chi connectivity index (χ2n) is 3.15. The van der Waals surface area contributed by atoms with Crippen LogP contribution in [0.4, 0.5) is 0 Å². The molecule has 2 atom stereocenters. The molecule has 17 heavy (non-hydrogen) atoms. The fourth-order valence-electron chi connectivity index (χ4n) is 1.30. The van der Waals surface area contributed by atoms with Crippen LogP contribution in [0.2, 0.25) is 0 Å². The molecule has 1 aromatic rings. The van der Waals surface area contributed by atoms with Gasteiger partial charge in [-0.1, -0.05) is 30.3 Å². The highest BCUT2D eigenvalue weighted by molar-refractivity contribution is 7.80. The van der Waals surface area contributed by atoms with Crippen molar-refractivity contribution in [2.45, 2.75) is 12.2 Å². The predicted molar refractivity (Wildman–Crippen MR) is 61.6 cm³/mol. The number of ether oxygens (including phenoxy) is 1. The molecule has 0 aliphatic heterocycles. The molecule has 0 fully saturated rings. The van der Waals surface area contributed by atoms with Crippen molar-refractivity contribution in [2.24, 2.45) is 0 Å². The van der Waals surface area contributed by atoms with Gasteiger partial charge in [-0.3, -0.25) is 4.79 Å². The highest BCUT2D eigenvalue weighted by atomic mass is 32.2. The summed E-state index contributed by atoms with van der Waals surface area (Å²) >= 11 is -2.46. The average Bonchev–Trinajstić information content (AvgIpc) is 2.30. The van der Waals surface area contributed by atoms with Gasteiger partial charge in [0.2, 0.25) is 0 Å². The number of hydrogen-bond donors (Lipinski definition) is 1. The van der Waals surface area contributed by atoms with E-state index in [9.17, 15) is 13.8 Å². The highest BCUT2D eigenvalue weighted by Gasteiger charge is 2.32. The lowest BCUT2D eigenvalue weighted by atomic mass is 10.1. The SMILES string of the molecule is CCOC(=O)C(=O)C(c1ccccc1)S(=O)O. The van der Waals surface area contributed by atoms with Gasteiger partial charge in [0.05, 0.1) is 6.61 Å². The number of rotatable bonds is 5. The van der Waals surface area contributed by atoms with Crippen LogP contribution in [0.3, 0.4) is 0 Å². The molecule has 0 bridgehead atoms. The predicted octanol–water partition coefficient (Wildman–Crippen LogP) is 1.08. The van der Waals surface area contributed by atoms with Crippen LogP contribution < -0.4 is 0 Å². The van der Waals surface area contributed by atoms with E-state index in [1.807, 2.05) is 0 Å². The van der Waals surface area contributed by atoms with Gasteiger partial charge in [-0.05, 0) is 12.5 Å². The molecule has 5 nitrogen and oxygen atoms in total. The minimum absolute atomic E-state index is 0.0458. The fraction of sp³-hybridized carbons (Fsp3) is 0.273. The zero-order valence-corrected chi connectivity index (χ0v) is 9.98. The standard InChI is InChI=1S/C11H12O5S/c1-2-16-11(13)9(12)10(17(14)15)8-6-4-3-5-7-8/h3-7,10H,2H2,1H3,(H,14,15). The van der Waals surface area contributed by atoms with Crippen molar-refractivity contribution in [3.63, 3.8) is 0 Å². The van der Waals surface area contributed by atoms with Gasteiger partial charge in [-0.15, -0.1) is 0 Å². The quantitative estimate of drug-likeness (QED) is 0.484. The third kappa shape index (κ3) is 3.47. The highest BCUT2D eigenvalue weighted by Crippen LogP contribution is 2.20. The smallest absolute Gasteiger partial charge is 0.376 e. The minimum atomic E-state index is -2.46. The van der Waals surface area contributed by atoms with E-state index in [2.05, 4.69) is 4.74 Å². The Labute approximate surface area is 101 Å². The molecule has 0 aliphatic rings. The van der Waals surface area contributed by atoms with Crippen LogP contribution in [0.5, 0.6) is 0 Å². The van der Waals surface area contributed by atoms with Gasteiger partial charge >= 0.3 is 5.97 Å². The second-order valence-corrected chi connectivity index (χ2v) is 4.18. The van der Waals surface area contributed by atoms with Gasteiger partial charge in [0.15, 0.2) is 16.3 Å². The maximum Gasteiger partial charge on any atom is 0.376 e. The molecule has 0 radical (unpaired) electrons. The molecule has 0 aliphatic carbocycles. The summed E-state index contributed by atoms with van der Waals surface area (Å²) in [5, 5.41) is -1.39. The summed E-state index contributed by atoms with van der Waals surface area (Å²) in [6.07, 6.45) is 0. The Kier molecular flexibility index (Phi) is 4.99. The topological polar surface area (TPSA) is 80.7 Å². The molecule has 1 N–H and O–H groups in total. The summed E-state index contributed by atoms with van der Waals surface area (Å²) in [5.74, 6) is -2.11. The Balaban J connectivity index is 2.99. The first-order chi connectivity index (χ1) is 8.07. The van der Waals surface area contributed by atoms with Crippen molar-refractivity contribution in [3.05, 3.63) is 35.9 Å². The molecule has 0 saturated carbocycles. The van der Waals surface area contributed by atoms with E-state index in [1.54, 1.807) is 25.1 Å². The van der Waals surface area contributed by atoms with Gasteiger partial charge in [-0.25, -0.2) is 9.00 Å². The van der Waals surface area contributed by atoms with E-state index in [4.69, 9.17) is 4.55 Å². The van der Waals surface area contributed by atoms with Crippen molar-refractivity contribution in [2.75, 3.05) is 6.61 Å². The lowest BCUT2D eigenvalue weighted by molar-refractivity contribution is -0.153. The van der Waals surface area contributed by atoms with E-state index in [0.717, 1.165) is 0 Å². The summed E-state index contributed by atoms with van der Waals surface area (Å²) in [6.45, 7) is 1.60. The molecule has 0 aromatic heterocycles. The number of esters is 1. The first-order valence-electron chi connectivity index (χ1n) is 4.93. The zero-order valence-electron chi connectivity index (χ0n) is 9.16. The van der Waals surface area contributed by atoms with Crippen LogP contribution in [0.25, 0.3) is 0 Å². The zero-order chi connectivity index (χ0) is 12.8. The maximum absolute atomic E-state index is 11.6. The molecule has 1 rings (SSSR count).